The normalized spacial score (nSPS) is 16.3. The van der Waals surface area contributed by atoms with Crippen LogP contribution in [0.3, 0.4) is 0 Å². The number of nitrogens with zero attached hydrogens (tertiary/aromatic N) is 4. The molecule has 0 spiro atoms. The number of hydrazone groups is 1. The van der Waals surface area contributed by atoms with Crippen molar-refractivity contribution in [3.05, 3.63) is 23.5 Å². The number of thiocarbonyl (C=S) groups is 1. The summed E-state index contributed by atoms with van der Waals surface area (Å²) in [6, 6.07) is 3.83. The second-order valence-corrected chi connectivity index (χ2v) is 5.11. The zero-order valence-electron chi connectivity index (χ0n) is 11.4. The van der Waals surface area contributed by atoms with E-state index in [4.69, 9.17) is 12.2 Å². The van der Waals surface area contributed by atoms with E-state index in [9.17, 15) is 0 Å². The molecule has 1 saturated heterocycles. The first-order chi connectivity index (χ1) is 9.16. The van der Waals surface area contributed by atoms with Crippen molar-refractivity contribution in [2.75, 3.05) is 13.1 Å². The van der Waals surface area contributed by atoms with Gasteiger partial charge in [0.05, 0.1) is 11.4 Å². The quantitative estimate of drug-likeness (QED) is 0.508. The van der Waals surface area contributed by atoms with Gasteiger partial charge in [0, 0.05) is 13.1 Å². The molecule has 0 aromatic carbocycles. The Morgan fingerprint density at radius 1 is 1.26 bits per heavy atom. The summed E-state index contributed by atoms with van der Waals surface area (Å²) in [6.07, 6.45) is 3.70. The zero-order valence-corrected chi connectivity index (χ0v) is 12.2. The van der Waals surface area contributed by atoms with Crippen molar-refractivity contribution in [1.29, 1.82) is 0 Å². The van der Waals surface area contributed by atoms with Crippen LogP contribution < -0.4 is 5.43 Å². The highest BCUT2D eigenvalue weighted by molar-refractivity contribution is 7.80. The molecule has 1 N–H and O–H groups in total. The Morgan fingerprint density at radius 2 is 2.00 bits per heavy atom. The Balaban J connectivity index is 1.93. The van der Waals surface area contributed by atoms with Crippen LogP contribution in [-0.2, 0) is 0 Å². The van der Waals surface area contributed by atoms with E-state index >= 15 is 0 Å². The van der Waals surface area contributed by atoms with Gasteiger partial charge in [-0.25, -0.2) is 0 Å². The van der Waals surface area contributed by atoms with Crippen molar-refractivity contribution in [2.24, 2.45) is 5.10 Å². The van der Waals surface area contributed by atoms with E-state index in [-0.39, 0.29) is 0 Å². The third-order valence-electron chi connectivity index (χ3n) is 3.13. The maximum absolute atomic E-state index is 5.33. The molecule has 0 saturated carbocycles. The highest BCUT2D eigenvalue weighted by Gasteiger charge is 2.12. The summed E-state index contributed by atoms with van der Waals surface area (Å²) in [5, 5.41) is 13.1. The Hall–Kier alpha value is -1.56. The van der Waals surface area contributed by atoms with E-state index in [1.807, 2.05) is 26.0 Å². The van der Waals surface area contributed by atoms with Crippen molar-refractivity contribution >= 4 is 23.0 Å². The second kappa shape index (κ2) is 6.56. The van der Waals surface area contributed by atoms with Crippen LogP contribution in [0.4, 0.5) is 0 Å². The molecule has 1 aliphatic rings. The van der Waals surface area contributed by atoms with E-state index < -0.39 is 0 Å². The van der Waals surface area contributed by atoms with E-state index in [1.165, 1.54) is 19.3 Å². The number of likely N-dealkylation sites (tertiary alicyclic amines) is 1. The molecule has 0 unspecified atom stereocenters. The van der Waals surface area contributed by atoms with Gasteiger partial charge in [-0.1, -0.05) is 0 Å². The average Bonchev–Trinajstić information content (AvgIpc) is 2.46. The van der Waals surface area contributed by atoms with Gasteiger partial charge in [-0.2, -0.15) is 10.2 Å². The number of nitrogens with one attached hydrogen (secondary N) is 1. The van der Waals surface area contributed by atoms with Gasteiger partial charge in [0.1, 0.15) is 5.69 Å². The standard InChI is InChI=1S/C13H19N5S/c1-10-6-7-12(16-14-10)11(2)15-17-13(19)18-8-4-3-5-9-18/h6-7H,3-5,8-9H2,1-2H3,(H,17,19)/b15-11+. The van der Waals surface area contributed by atoms with Crippen molar-refractivity contribution in [3.8, 4) is 0 Å². The lowest BCUT2D eigenvalue weighted by Crippen LogP contribution is -2.41. The molecular weight excluding hydrogens is 258 g/mol. The van der Waals surface area contributed by atoms with Gasteiger partial charge >= 0.3 is 0 Å². The fourth-order valence-electron chi connectivity index (χ4n) is 1.95. The fraction of sp³-hybridized carbons (Fsp3) is 0.538. The lowest BCUT2D eigenvalue weighted by Gasteiger charge is -2.28. The summed E-state index contributed by atoms with van der Waals surface area (Å²) in [5.74, 6) is 0. The summed E-state index contributed by atoms with van der Waals surface area (Å²) in [7, 11) is 0. The molecule has 0 atom stereocenters. The average molecular weight is 277 g/mol. The molecule has 1 aliphatic heterocycles. The first kappa shape index (κ1) is 13.9. The zero-order chi connectivity index (χ0) is 13.7. The maximum atomic E-state index is 5.33. The summed E-state index contributed by atoms with van der Waals surface area (Å²) in [4.78, 5) is 2.16. The molecule has 0 bridgehead atoms. The molecule has 0 radical (unpaired) electrons. The van der Waals surface area contributed by atoms with E-state index in [0.29, 0.717) is 5.11 Å². The minimum absolute atomic E-state index is 0.694. The Bertz CT molecular complexity index is 462. The number of piperidine rings is 1. The van der Waals surface area contributed by atoms with Crippen LogP contribution in [0.2, 0.25) is 0 Å². The Kier molecular flexibility index (Phi) is 4.79. The smallest absolute Gasteiger partial charge is 0.189 e. The third-order valence-corrected chi connectivity index (χ3v) is 3.48. The number of rotatable bonds is 2. The molecule has 6 heteroatoms. The Morgan fingerprint density at radius 3 is 2.63 bits per heavy atom. The van der Waals surface area contributed by atoms with Crippen LogP contribution in [0.5, 0.6) is 0 Å². The molecule has 102 valence electrons. The molecule has 5 nitrogen and oxygen atoms in total. The predicted molar refractivity (Wildman–Crippen MR) is 80.1 cm³/mol. The number of hydrogen-bond acceptors (Lipinski definition) is 4. The minimum atomic E-state index is 0.694. The monoisotopic (exact) mass is 277 g/mol. The van der Waals surface area contributed by atoms with E-state index in [2.05, 4.69) is 25.6 Å². The van der Waals surface area contributed by atoms with Crippen LogP contribution in [0, 0.1) is 6.92 Å². The van der Waals surface area contributed by atoms with Crippen molar-refractivity contribution in [2.45, 2.75) is 33.1 Å². The van der Waals surface area contributed by atoms with Gasteiger partial charge in [-0.15, -0.1) is 5.10 Å². The van der Waals surface area contributed by atoms with Gasteiger partial charge in [0.15, 0.2) is 5.11 Å². The molecular formula is C13H19N5S. The van der Waals surface area contributed by atoms with Crippen molar-refractivity contribution in [3.63, 3.8) is 0 Å². The van der Waals surface area contributed by atoms with E-state index in [1.54, 1.807) is 0 Å². The molecule has 19 heavy (non-hydrogen) atoms. The number of aryl methyl sites for hydroxylation is 1. The van der Waals surface area contributed by atoms with Crippen LogP contribution in [-0.4, -0.2) is 39.0 Å². The van der Waals surface area contributed by atoms with Gasteiger partial charge in [-0.05, 0) is 57.5 Å². The first-order valence-electron chi connectivity index (χ1n) is 6.57. The Labute approximate surface area is 119 Å². The largest absolute Gasteiger partial charge is 0.348 e. The second-order valence-electron chi connectivity index (χ2n) is 4.72. The summed E-state index contributed by atoms with van der Waals surface area (Å²) in [6.45, 7) is 5.84. The van der Waals surface area contributed by atoms with Crippen LogP contribution >= 0.6 is 12.2 Å². The molecule has 2 rings (SSSR count). The molecule has 2 heterocycles. The summed E-state index contributed by atoms with van der Waals surface area (Å²) in [5.41, 5.74) is 5.39. The predicted octanol–water partition coefficient (Wildman–Crippen LogP) is 1.87. The molecule has 0 amide bonds. The van der Waals surface area contributed by atoms with Gasteiger partial charge in [-0.3, -0.25) is 5.43 Å². The molecule has 1 aromatic heterocycles. The summed E-state index contributed by atoms with van der Waals surface area (Å²) >= 11 is 5.33. The highest BCUT2D eigenvalue weighted by Crippen LogP contribution is 2.08. The topological polar surface area (TPSA) is 53.4 Å². The molecule has 1 fully saturated rings. The summed E-state index contributed by atoms with van der Waals surface area (Å²) < 4.78 is 0. The lowest BCUT2D eigenvalue weighted by molar-refractivity contribution is 0.338. The molecule has 0 aliphatic carbocycles. The van der Waals surface area contributed by atoms with Gasteiger partial charge in [0.25, 0.3) is 0 Å². The van der Waals surface area contributed by atoms with Crippen LogP contribution in [0.25, 0.3) is 0 Å². The van der Waals surface area contributed by atoms with Crippen molar-refractivity contribution < 1.29 is 0 Å². The van der Waals surface area contributed by atoms with Gasteiger partial charge in [0.2, 0.25) is 0 Å². The first-order valence-corrected chi connectivity index (χ1v) is 6.97. The van der Waals surface area contributed by atoms with Crippen LogP contribution in [0.1, 0.15) is 37.6 Å². The number of hydrogen-bond donors (Lipinski definition) is 1. The van der Waals surface area contributed by atoms with Gasteiger partial charge < -0.3 is 4.90 Å². The van der Waals surface area contributed by atoms with E-state index in [0.717, 1.165) is 30.2 Å². The maximum Gasteiger partial charge on any atom is 0.189 e. The lowest BCUT2D eigenvalue weighted by atomic mass is 10.1. The third kappa shape index (κ3) is 3.96. The number of aromatic nitrogens is 2. The van der Waals surface area contributed by atoms with Crippen LogP contribution in [0.15, 0.2) is 17.2 Å². The fourth-order valence-corrected chi connectivity index (χ4v) is 2.18. The molecule has 1 aromatic rings. The highest BCUT2D eigenvalue weighted by atomic mass is 32.1. The SMILES string of the molecule is C/C(=N\NC(=S)N1CCCCC1)c1ccc(C)nn1. The van der Waals surface area contributed by atoms with Crippen molar-refractivity contribution in [1.82, 2.24) is 20.5 Å². The minimum Gasteiger partial charge on any atom is -0.348 e.